The predicted octanol–water partition coefficient (Wildman–Crippen LogP) is 2.15. The van der Waals surface area contributed by atoms with E-state index >= 15 is 0 Å². The molecule has 0 saturated heterocycles. The zero-order valence-corrected chi connectivity index (χ0v) is 12.5. The average Bonchev–Trinajstić information content (AvgIpc) is 3.08. The smallest absolute Gasteiger partial charge is 0.255 e. The predicted molar refractivity (Wildman–Crippen MR) is 80.2 cm³/mol. The van der Waals surface area contributed by atoms with Crippen LogP contribution in [0, 0.1) is 0 Å². The van der Waals surface area contributed by atoms with Gasteiger partial charge in [-0.25, -0.2) is 0 Å². The van der Waals surface area contributed by atoms with Crippen molar-refractivity contribution in [3.05, 3.63) is 47.9 Å². The summed E-state index contributed by atoms with van der Waals surface area (Å²) in [6.07, 6.45) is 1.12. The Bertz CT molecular complexity index is 609. The monoisotopic (exact) mass is 305 g/mol. The summed E-state index contributed by atoms with van der Waals surface area (Å²) in [4.78, 5) is 12.2. The summed E-state index contributed by atoms with van der Waals surface area (Å²) in [5.74, 6) is 1.26. The minimum atomic E-state index is -0.743. The Kier molecular flexibility index (Phi) is 5.43. The zero-order valence-electron chi connectivity index (χ0n) is 12.5. The van der Waals surface area contributed by atoms with Crippen LogP contribution in [-0.4, -0.2) is 31.8 Å². The van der Waals surface area contributed by atoms with E-state index < -0.39 is 6.10 Å². The maximum atomic E-state index is 12.2. The second-order valence-electron chi connectivity index (χ2n) is 4.64. The number of carbonyl (C=O) groups is 1. The lowest BCUT2D eigenvalue weighted by Crippen LogP contribution is -2.26. The number of furan rings is 1. The van der Waals surface area contributed by atoms with Crippen molar-refractivity contribution in [3.63, 3.8) is 0 Å². The number of nitrogens with one attached hydrogen (secondary N) is 1. The number of carbonyl (C=O) groups excluding carboxylic acids is 1. The molecule has 1 amide bonds. The number of hydrogen-bond acceptors (Lipinski definition) is 5. The molecule has 0 saturated carbocycles. The molecule has 2 rings (SSSR count). The highest BCUT2D eigenvalue weighted by Crippen LogP contribution is 2.24. The topological polar surface area (TPSA) is 80.9 Å². The molecule has 0 spiro atoms. The zero-order chi connectivity index (χ0) is 15.9. The fourth-order valence-electron chi connectivity index (χ4n) is 2.03. The van der Waals surface area contributed by atoms with Gasteiger partial charge in [0.05, 0.1) is 26.0 Å². The molecule has 0 aliphatic heterocycles. The van der Waals surface area contributed by atoms with Crippen LogP contribution in [0.1, 0.15) is 28.6 Å². The van der Waals surface area contributed by atoms with Gasteiger partial charge in [-0.3, -0.25) is 4.79 Å². The number of aliphatic hydroxyl groups is 1. The normalized spacial score (nSPS) is 11.8. The summed E-state index contributed by atoms with van der Waals surface area (Å²) in [5.41, 5.74) is 0.413. The molecule has 1 aromatic heterocycles. The van der Waals surface area contributed by atoms with E-state index in [0.717, 1.165) is 0 Å². The molecule has 0 fully saturated rings. The standard InChI is InChI=1S/C16H19NO5/c1-20-11-5-6-12(15(10-11)21-2)16(19)17-8-7-13(18)14-4-3-9-22-14/h3-6,9-10,13,18H,7-8H2,1-2H3,(H,17,19). The maximum Gasteiger partial charge on any atom is 0.255 e. The van der Waals surface area contributed by atoms with Crippen LogP contribution >= 0.6 is 0 Å². The van der Waals surface area contributed by atoms with Crippen molar-refractivity contribution in [3.8, 4) is 11.5 Å². The summed E-state index contributed by atoms with van der Waals surface area (Å²) < 4.78 is 15.4. The van der Waals surface area contributed by atoms with E-state index in [1.807, 2.05) is 0 Å². The Hall–Kier alpha value is -2.47. The van der Waals surface area contributed by atoms with Crippen molar-refractivity contribution in [2.75, 3.05) is 20.8 Å². The van der Waals surface area contributed by atoms with E-state index in [1.54, 1.807) is 37.4 Å². The maximum absolute atomic E-state index is 12.2. The van der Waals surface area contributed by atoms with Crippen LogP contribution in [0.4, 0.5) is 0 Å². The molecule has 1 aromatic carbocycles. The molecular weight excluding hydrogens is 286 g/mol. The Morgan fingerprint density at radius 2 is 2.14 bits per heavy atom. The van der Waals surface area contributed by atoms with Gasteiger partial charge in [-0.1, -0.05) is 0 Å². The van der Waals surface area contributed by atoms with Crippen LogP contribution in [0.3, 0.4) is 0 Å². The molecule has 1 heterocycles. The number of benzene rings is 1. The van der Waals surface area contributed by atoms with E-state index in [4.69, 9.17) is 13.9 Å². The van der Waals surface area contributed by atoms with Gasteiger partial charge < -0.3 is 24.3 Å². The largest absolute Gasteiger partial charge is 0.497 e. The van der Waals surface area contributed by atoms with Gasteiger partial charge in [-0.05, 0) is 30.7 Å². The number of ether oxygens (including phenoxy) is 2. The van der Waals surface area contributed by atoms with Crippen LogP contribution in [-0.2, 0) is 0 Å². The highest BCUT2D eigenvalue weighted by atomic mass is 16.5. The molecule has 0 aliphatic rings. The average molecular weight is 305 g/mol. The van der Waals surface area contributed by atoms with E-state index in [0.29, 0.717) is 35.8 Å². The molecule has 118 valence electrons. The summed E-state index contributed by atoms with van der Waals surface area (Å²) in [5, 5.41) is 12.6. The quantitative estimate of drug-likeness (QED) is 0.819. The molecule has 0 bridgehead atoms. The molecule has 1 unspecified atom stereocenters. The first-order chi connectivity index (χ1) is 10.7. The van der Waals surface area contributed by atoms with E-state index in [1.165, 1.54) is 13.4 Å². The first kappa shape index (κ1) is 15.9. The van der Waals surface area contributed by atoms with Gasteiger partial charge in [-0.2, -0.15) is 0 Å². The van der Waals surface area contributed by atoms with E-state index in [2.05, 4.69) is 5.32 Å². The summed E-state index contributed by atoms with van der Waals surface area (Å²) in [6, 6.07) is 8.37. The van der Waals surface area contributed by atoms with Gasteiger partial charge in [0.2, 0.25) is 0 Å². The number of methoxy groups -OCH3 is 2. The van der Waals surface area contributed by atoms with Gasteiger partial charge in [0.25, 0.3) is 5.91 Å². The number of hydrogen-bond donors (Lipinski definition) is 2. The van der Waals surface area contributed by atoms with Crippen LogP contribution in [0.15, 0.2) is 41.0 Å². The summed E-state index contributed by atoms with van der Waals surface area (Å²) in [7, 11) is 3.04. The van der Waals surface area contributed by atoms with Crippen LogP contribution in [0.2, 0.25) is 0 Å². The van der Waals surface area contributed by atoms with Crippen molar-refractivity contribution in [2.24, 2.45) is 0 Å². The minimum absolute atomic E-state index is 0.272. The first-order valence-electron chi connectivity index (χ1n) is 6.87. The fraction of sp³-hybridized carbons (Fsp3) is 0.312. The second kappa shape index (κ2) is 7.51. The molecule has 2 N–H and O–H groups in total. The Balaban J connectivity index is 1.92. The van der Waals surface area contributed by atoms with E-state index in [-0.39, 0.29) is 5.91 Å². The number of rotatable bonds is 7. The van der Waals surface area contributed by atoms with Crippen molar-refractivity contribution in [1.29, 1.82) is 0 Å². The molecule has 22 heavy (non-hydrogen) atoms. The highest BCUT2D eigenvalue weighted by Gasteiger charge is 2.15. The second-order valence-corrected chi connectivity index (χ2v) is 4.64. The third-order valence-electron chi connectivity index (χ3n) is 3.23. The molecule has 1 atom stereocenters. The van der Waals surface area contributed by atoms with Gasteiger partial charge >= 0.3 is 0 Å². The number of aliphatic hydroxyl groups excluding tert-OH is 1. The lowest BCUT2D eigenvalue weighted by Gasteiger charge is -2.12. The highest BCUT2D eigenvalue weighted by molar-refractivity contribution is 5.97. The van der Waals surface area contributed by atoms with E-state index in [9.17, 15) is 9.90 Å². The lowest BCUT2D eigenvalue weighted by molar-refractivity contribution is 0.0933. The Morgan fingerprint density at radius 1 is 1.32 bits per heavy atom. The van der Waals surface area contributed by atoms with Crippen LogP contribution in [0.25, 0.3) is 0 Å². The lowest BCUT2D eigenvalue weighted by atomic mass is 10.1. The molecule has 0 radical (unpaired) electrons. The molecule has 6 heteroatoms. The molecule has 2 aromatic rings. The third-order valence-corrected chi connectivity index (χ3v) is 3.23. The van der Waals surface area contributed by atoms with Crippen molar-refractivity contribution in [1.82, 2.24) is 5.32 Å². The van der Waals surface area contributed by atoms with Gasteiger partial charge in [-0.15, -0.1) is 0 Å². The third kappa shape index (κ3) is 3.79. The molecule has 6 nitrogen and oxygen atoms in total. The van der Waals surface area contributed by atoms with Gasteiger partial charge in [0.1, 0.15) is 23.4 Å². The van der Waals surface area contributed by atoms with Crippen molar-refractivity contribution >= 4 is 5.91 Å². The fourth-order valence-corrected chi connectivity index (χ4v) is 2.03. The number of amides is 1. The van der Waals surface area contributed by atoms with Crippen LogP contribution < -0.4 is 14.8 Å². The minimum Gasteiger partial charge on any atom is -0.497 e. The van der Waals surface area contributed by atoms with Crippen molar-refractivity contribution < 1.29 is 23.8 Å². The summed E-state index contributed by atoms with van der Waals surface area (Å²) in [6.45, 7) is 0.315. The van der Waals surface area contributed by atoms with Crippen molar-refractivity contribution in [2.45, 2.75) is 12.5 Å². The first-order valence-corrected chi connectivity index (χ1v) is 6.87. The SMILES string of the molecule is COc1ccc(C(=O)NCCC(O)c2ccco2)c(OC)c1. The molecule has 0 aliphatic carbocycles. The Morgan fingerprint density at radius 3 is 2.77 bits per heavy atom. The Labute approximate surface area is 128 Å². The molecular formula is C16H19NO5. The summed E-state index contributed by atoms with van der Waals surface area (Å²) >= 11 is 0. The van der Waals surface area contributed by atoms with Gasteiger partial charge in [0.15, 0.2) is 0 Å². The van der Waals surface area contributed by atoms with Gasteiger partial charge in [0, 0.05) is 12.6 Å². The van der Waals surface area contributed by atoms with Crippen LogP contribution in [0.5, 0.6) is 11.5 Å².